The van der Waals surface area contributed by atoms with Crippen molar-refractivity contribution in [2.45, 2.75) is 39.0 Å². The molecule has 2 N–H and O–H groups in total. The van der Waals surface area contributed by atoms with Crippen LogP contribution in [0.4, 0.5) is 23.7 Å². The van der Waals surface area contributed by atoms with E-state index in [0.717, 1.165) is 17.2 Å². The molecule has 2 aliphatic heterocycles. The zero-order valence-corrected chi connectivity index (χ0v) is 18.3. The smallest absolute Gasteiger partial charge is 0.322 e. The predicted octanol–water partition coefficient (Wildman–Crippen LogP) is 4.04. The normalized spacial score (nSPS) is 15.9. The summed E-state index contributed by atoms with van der Waals surface area (Å²) in [6, 6.07) is 7.56. The molecule has 33 heavy (non-hydrogen) atoms. The van der Waals surface area contributed by atoms with Gasteiger partial charge in [0.05, 0.1) is 6.54 Å². The fourth-order valence-corrected chi connectivity index (χ4v) is 4.06. The molecule has 2 heterocycles. The second-order valence-electron chi connectivity index (χ2n) is 8.78. The number of amides is 3. The summed E-state index contributed by atoms with van der Waals surface area (Å²) in [5.41, 5.74) is 1.36. The maximum atomic E-state index is 14.0. The second-order valence-corrected chi connectivity index (χ2v) is 8.78. The van der Waals surface area contributed by atoms with Crippen molar-refractivity contribution < 1.29 is 27.9 Å². The van der Waals surface area contributed by atoms with Crippen molar-refractivity contribution >= 4 is 23.2 Å². The zero-order valence-electron chi connectivity index (χ0n) is 18.3. The van der Waals surface area contributed by atoms with E-state index in [4.69, 9.17) is 0 Å². The van der Waals surface area contributed by atoms with Crippen molar-refractivity contribution in [3.05, 3.63) is 70.5 Å². The highest BCUT2D eigenvalue weighted by Gasteiger charge is 2.31. The Morgan fingerprint density at radius 3 is 2.33 bits per heavy atom. The van der Waals surface area contributed by atoms with E-state index in [1.165, 1.54) is 18.7 Å². The number of benzene rings is 2. The van der Waals surface area contributed by atoms with Gasteiger partial charge in [0.1, 0.15) is 5.60 Å². The molecule has 0 atom stereocenters. The van der Waals surface area contributed by atoms with Crippen LogP contribution < -0.4 is 5.32 Å². The molecule has 9 heteroatoms. The number of rotatable bonds is 3. The van der Waals surface area contributed by atoms with E-state index in [9.17, 15) is 27.9 Å². The maximum absolute atomic E-state index is 14.0. The van der Waals surface area contributed by atoms with E-state index in [2.05, 4.69) is 5.32 Å². The summed E-state index contributed by atoms with van der Waals surface area (Å²) in [5, 5.41) is 12.6. The van der Waals surface area contributed by atoms with Crippen LogP contribution in [0.5, 0.6) is 0 Å². The molecule has 0 fully saturated rings. The molecule has 0 saturated heterocycles. The molecule has 4 rings (SSSR count). The van der Waals surface area contributed by atoms with E-state index in [1.54, 1.807) is 17.0 Å². The van der Waals surface area contributed by atoms with E-state index < -0.39 is 29.1 Å². The summed E-state index contributed by atoms with van der Waals surface area (Å²) >= 11 is 0. The molecule has 0 spiro atoms. The Morgan fingerprint density at radius 2 is 1.73 bits per heavy atom. The highest BCUT2D eigenvalue weighted by Crippen LogP contribution is 2.29. The van der Waals surface area contributed by atoms with E-state index in [1.807, 2.05) is 18.2 Å². The van der Waals surface area contributed by atoms with Crippen LogP contribution in [0.3, 0.4) is 0 Å². The van der Waals surface area contributed by atoms with Gasteiger partial charge in [-0.2, -0.15) is 0 Å². The Balaban J connectivity index is 1.38. The van der Waals surface area contributed by atoms with Gasteiger partial charge in [0.15, 0.2) is 17.5 Å². The summed E-state index contributed by atoms with van der Waals surface area (Å²) < 4.78 is 40.9. The standard InChI is InChI=1S/C24H24F3N3O3/c1-24(2,33)22(31)29-9-7-15(8-10-29)14-3-5-17(6-4-14)28-23(32)30-12-16-11-19(25)21(27)20(26)18(16)13-30/h3-7,11,33H,8-10,12-13H2,1-2H3,(H,28,32). The van der Waals surface area contributed by atoms with Gasteiger partial charge in [-0.3, -0.25) is 4.79 Å². The zero-order chi connectivity index (χ0) is 23.9. The molecular weight excluding hydrogens is 435 g/mol. The van der Waals surface area contributed by atoms with Gasteiger partial charge in [-0.15, -0.1) is 0 Å². The predicted molar refractivity (Wildman–Crippen MR) is 116 cm³/mol. The first-order valence-corrected chi connectivity index (χ1v) is 10.6. The van der Waals surface area contributed by atoms with Gasteiger partial charge in [0.25, 0.3) is 5.91 Å². The number of hydrogen-bond acceptors (Lipinski definition) is 3. The fraction of sp³-hybridized carbons (Fsp3) is 0.333. The highest BCUT2D eigenvalue weighted by atomic mass is 19.2. The lowest BCUT2D eigenvalue weighted by Gasteiger charge is -2.31. The number of nitrogens with one attached hydrogen (secondary N) is 1. The van der Waals surface area contributed by atoms with E-state index in [-0.39, 0.29) is 30.1 Å². The van der Waals surface area contributed by atoms with Crippen LogP contribution in [-0.4, -0.2) is 45.5 Å². The summed E-state index contributed by atoms with van der Waals surface area (Å²) in [5.74, 6) is -4.37. The molecule has 0 aliphatic carbocycles. The molecule has 0 unspecified atom stereocenters. The monoisotopic (exact) mass is 459 g/mol. The largest absolute Gasteiger partial charge is 0.381 e. The number of nitrogens with zero attached hydrogens (tertiary/aromatic N) is 2. The molecule has 174 valence electrons. The van der Waals surface area contributed by atoms with Crippen molar-refractivity contribution in [1.29, 1.82) is 0 Å². The lowest BCUT2D eigenvalue weighted by atomic mass is 9.98. The van der Waals surface area contributed by atoms with Crippen LogP contribution >= 0.6 is 0 Å². The van der Waals surface area contributed by atoms with Gasteiger partial charge in [-0.05, 0) is 55.2 Å². The molecule has 0 bridgehead atoms. The molecule has 6 nitrogen and oxygen atoms in total. The quantitative estimate of drug-likeness (QED) is 0.681. The van der Waals surface area contributed by atoms with Crippen molar-refractivity contribution in [2.24, 2.45) is 0 Å². The van der Waals surface area contributed by atoms with Crippen molar-refractivity contribution in [3.8, 4) is 0 Å². The topological polar surface area (TPSA) is 72.9 Å². The molecule has 0 radical (unpaired) electrons. The van der Waals surface area contributed by atoms with Crippen molar-refractivity contribution in [1.82, 2.24) is 9.80 Å². The summed E-state index contributed by atoms with van der Waals surface area (Å²) in [4.78, 5) is 27.6. The third kappa shape index (κ3) is 4.59. The molecule has 3 amide bonds. The van der Waals surface area contributed by atoms with Gasteiger partial charge in [0.2, 0.25) is 0 Å². The van der Waals surface area contributed by atoms with Gasteiger partial charge < -0.3 is 20.2 Å². The van der Waals surface area contributed by atoms with E-state index >= 15 is 0 Å². The Hall–Kier alpha value is -3.33. The third-order valence-electron chi connectivity index (χ3n) is 5.88. The fourth-order valence-electron chi connectivity index (χ4n) is 4.06. The lowest BCUT2D eigenvalue weighted by molar-refractivity contribution is -0.147. The average molecular weight is 459 g/mol. The Kier molecular flexibility index (Phi) is 5.92. The summed E-state index contributed by atoms with van der Waals surface area (Å²) in [7, 11) is 0. The SMILES string of the molecule is CC(C)(O)C(=O)N1CC=C(c2ccc(NC(=O)N3Cc4cc(F)c(F)c(F)c4C3)cc2)CC1. The van der Waals surface area contributed by atoms with Crippen molar-refractivity contribution in [2.75, 3.05) is 18.4 Å². The number of anilines is 1. The molecule has 0 aromatic heterocycles. The van der Waals surface area contributed by atoms with Crippen LogP contribution in [0, 0.1) is 17.5 Å². The first-order chi connectivity index (χ1) is 15.5. The van der Waals surface area contributed by atoms with Crippen LogP contribution in [0.2, 0.25) is 0 Å². The minimum absolute atomic E-state index is 0.0132. The van der Waals surface area contributed by atoms with Gasteiger partial charge in [-0.25, -0.2) is 18.0 Å². The number of carbonyl (C=O) groups excluding carboxylic acids is 2. The second kappa shape index (κ2) is 8.55. The maximum Gasteiger partial charge on any atom is 0.322 e. The molecule has 0 saturated carbocycles. The Morgan fingerprint density at radius 1 is 1.03 bits per heavy atom. The lowest BCUT2D eigenvalue weighted by Crippen LogP contribution is -2.46. The van der Waals surface area contributed by atoms with Gasteiger partial charge in [0, 0.05) is 30.9 Å². The summed E-state index contributed by atoms with van der Waals surface area (Å²) in [6.45, 7) is 3.68. The number of fused-ring (bicyclic) bond motifs is 1. The van der Waals surface area contributed by atoms with Crippen LogP contribution in [0.25, 0.3) is 5.57 Å². The molecule has 2 aromatic carbocycles. The molecule has 2 aliphatic rings. The minimum atomic E-state index is -1.53. The Bertz CT molecular complexity index is 1140. The van der Waals surface area contributed by atoms with Gasteiger partial charge in [-0.1, -0.05) is 18.2 Å². The number of carbonyl (C=O) groups is 2. The number of urea groups is 1. The molecule has 2 aromatic rings. The van der Waals surface area contributed by atoms with Crippen LogP contribution in [-0.2, 0) is 17.9 Å². The number of hydrogen-bond donors (Lipinski definition) is 2. The average Bonchev–Trinajstić information content (AvgIpc) is 3.21. The van der Waals surface area contributed by atoms with Crippen LogP contribution in [0.15, 0.2) is 36.4 Å². The highest BCUT2D eigenvalue weighted by molar-refractivity contribution is 5.90. The minimum Gasteiger partial charge on any atom is -0.381 e. The first kappa shape index (κ1) is 22.8. The van der Waals surface area contributed by atoms with Crippen molar-refractivity contribution in [3.63, 3.8) is 0 Å². The molecular formula is C24H24F3N3O3. The number of aliphatic hydroxyl groups is 1. The summed E-state index contributed by atoms with van der Waals surface area (Å²) in [6.07, 6.45) is 2.58. The van der Waals surface area contributed by atoms with Crippen LogP contribution in [0.1, 0.15) is 37.0 Å². The van der Waals surface area contributed by atoms with E-state index in [0.29, 0.717) is 25.2 Å². The number of halogens is 3. The third-order valence-corrected chi connectivity index (χ3v) is 5.88. The Labute approximate surface area is 189 Å². The first-order valence-electron chi connectivity index (χ1n) is 10.6. The van der Waals surface area contributed by atoms with Gasteiger partial charge >= 0.3 is 6.03 Å².